The lowest BCUT2D eigenvalue weighted by Gasteiger charge is -2.02. The molecule has 2 aromatic heterocycles. The number of Topliss-reactive ketones (excluding diaryl/α,β-unsaturated/α-hetero) is 1. The van der Waals surface area contributed by atoms with Gasteiger partial charge in [0.05, 0.1) is 16.1 Å². The minimum Gasteiger partial charge on any atom is -0.298 e. The second kappa shape index (κ2) is 7.32. The van der Waals surface area contributed by atoms with E-state index in [1.807, 2.05) is 43.3 Å². The number of fused-ring (bicyclic) bond motifs is 1. The Balaban J connectivity index is 1.64. The van der Waals surface area contributed by atoms with E-state index >= 15 is 0 Å². The van der Waals surface area contributed by atoms with Crippen LogP contribution in [0.25, 0.3) is 22.3 Å². The number of hydrogen-bond donors (Lipinski definition) is 1. The summed E-state index contributed by atoms with van der Waals surface area (Å²) in [5.74, 6) is -0.397. The Morgan fingerprint density at radius 2 is 1.93 bits per heavy atom. The number of carbonyl (C=O) groups excluding carboxylic acids is 2. The lowest BCUT2D eigenvalue weighted by Crippen LogP contribution is -2.11. The van der Waals surface area contributed by atoms with Crippen LogP contribution in [-0.4, -0.2) is 31.7 Å². The van der Waals surface area contributed by atoms with Gasteiger partial charge in [0.2, 0.25) is 0 Å². The summed E-state index contributed by atoms with van der Waals surface area (Å²) in [6.07, 6.45) is 0. The van der Waals surface area contributed by atoms with Crippen LogP contribution in [-0.2, 0) is 6.54 Å². The second-order valence-corrected chi connectivity index (χ2v) is 7.18. The van der Waals surface area contributed by atoms with Gasteiger partial charge in [0.15, 0.2) is 10.9 Å². The summed E-state index contributed by atoms with van der Waals surface area (Å²) in [4.78, 5) is 29.7. The molecule has 4 rings (SSSR count). The summed E-state index contributed by atoms with van der Waals surface area (Å²) in [5.41, 5.74) is 3.40. The van der Waals surface area contributed by atoms with E-state index in [4.69, 9.17) is 0 Å². The normalized spacial score (nSPS) is 10.9. The van der Waals surface area contributed by atoms with E-state index in [9.17, 15) is 9.59 Å². The number of amides is 1. The van der Waals surface area contributed by atoms with Gasteiger partial charge in [-0.15, -0.1) is 5.10 Å². The number of carbonyl (C=O) groups is 2. The van der Waals surface area contributed by atoms with Crippen molar-refractivity contribution in [3.8, 4) is 11.3 Å². The fourth-order valence-electron chi connectivity index (χ4n) is 2.92. The molecule has 7 nitrogen and oxygen atoms in total. The number of aromatic nitrogens is 4. The van der Waals surface area contributed by atoms with Crippen molar-refractivity contribution in [3.05, 3.63) is 59.0 Å². The van der Waals surface area contributed by atoms with Crippen LogP contribution in [0.2, 0.25) is 0 Å². The van der Waals surface area contributed by atoms with Crippen LogP contribution >= 0.6 is 11.3 Å². The smallest absolute Gasteiger partial charge is 0.257 e. The zero-order valence-corrected chi connectivity index (χ0v) is 16.2. The molecule has 0 radical (unpaired) electrons. The summed E-state index contributed by atoms with van der Waals surface area (Å²) < 4.78 is 1.77. The van der Waals surface area contributed by atoms with Gasteiger partial charge in [-0.3, -0.25) is 14.9 Å². The molecule has 1 N–H and O–H groups in total. The molecule has 0 spiro atoms. The number of thiazole rings is 1. The maximum absolute atomic E-state index is 12.7. The predicted molar refractivity (Wildman–Crippen MR) is 109 cm³/mol. The topological polar surface area (TPSA) is 89.8 Å². The Labute approximate surface area is 165 Å². The number of aryl methyl sites for hydroxylation is 1. The van der Waals surface area contributed by atoms with Crippen LogP contribution in [0.1, 0.15) is 33.9 Å². The molecule has 0 aliphatic carbocycles. The van der Waals surface area contributed by atoms with E-state index in [1.165, 1.54) is 18.3 Å². The Morgan fingerprint density at radius 1 is 1.14 bits per heavy atom. The lowest BCUT2D eigenvalue weighted by molar-refractivity contribution is 0.101. The molecule has 140 valence electrons. The third-order valence-electron chi connectivity index (χ3n) is 4.29. The minimum absolute atomic E-state index is 0.0885. The zero-order valence-electron chi connectivity index (χ0n) is 15.3. The first-order valence-electron chi connectivity index (χ1n) is 8.78. The van der Waals surface area contributed by atoms with Crippen molar-refractivity contribution in [2.75, 3.05) is 5.32 Å². The molecular weight excluding hydrogens is 374 g/mol. The number of benzene rings is 2. The van der Waals surface area contributed by atoms with Gasteiger partial charge in [-0.25, -0.2) is 9.67 Å². The molecule has 4 aromatic rings. The predicted octanol–water partition coefficient (Wildman–Crippen LogP) is 4.03. The highest BCUT2D eigenvalue weighted by molar-refractivity contribution is 7.18. The quantitative estimate of drug-likeness (QED) is 0.519. The summed E-state index contributed by atoms with van der Waals surface area (Å²) in [6.45, 7) is 4.18. The molecule has 28 heavy (non-hydrogen) atoms. The molecule has 1 amide bonds. The third kappa shape index (κ3) is 3.29. The van der Waals surface area contributed by atoms with E-state index in [-0.39, 0.29) is 11.7 Å². The standard InChI is InChI=1S/C20H17N5O2S/c1-3-25-16-10-9-14(11-15(16)23-24-25)19(27)22-20-21-17(18(28-20)12(2)26)13-7-5-4-6-8-13/h4-11H,3H2,1-2H3,(H,21,22,27). The van der Waals surface area contributed by atoms with Crippen molar-refractivity contribution in [1.82, 2.24) is 20.0 Å². The fourth-order valence-corrected chi connectivity index (χ4v) is 3.80. The maximum atomic E-state index is 12.7. The molecule has 0 atom stereocenters. The largest absolute Gasteiger partial charge is 0.298 e. The minimum atomic E-state index is -0.309. The second-order valence-electron chi connectivity index (χ2n) is 6.18. The van der Waals surface area contributed by atoms with E-state index in [0.29, 0.717) is 33.3 Å². The van der Waals surface area contributed by atoms with E-state index in [0.717, 1.165) is 11.1 Å². The highest BCUT2D eigenvalue weighted by Crippen LogP contribution is 2.31. The fraction of sp³-hybridized carbons (Fsp3) is 0.150. The molecule has 0 saturated heterocycles. The molecule has 0 fully saturated rings. The van der Waals surface area contributed by atoms with Gasteiger partial charge in [0, 0.05) is 24.6 Å². The number of nitrogens with one attached hydrogen (secondary N) is 1. The number of rotatable bonds is 5. The molecule has 2 aromatic carbocycles. The van der Waals surface area contributed by atoms with Crippen LogP contribution in [0.3, 0.4) is 0 Å². The molecule has 0 saturated carbocycles. The molecular formula is C20H17N5O2S. The summed E-state index contributed by atoms with van der Waals surface area (Å²) in [7, 11) is 0. The third-order valence-corrected chi connectivity index (χ3v) is 5.36. The first-order valence-corrected chi connectivity index (χ1v) is 9.60. The average molecular weight is 391 g/mol. The lowest BCUT2D eigenvalue weighted by atomic mass is 10.1. The number of anilines is 1. The maximum Gasteiger partial charge on any atom is 0.257 e. The Hall–Kier alpha value is -3.39. The van der Waals surface area contributed by atoms with Gasteiger partial charge >= 0.3 is 0 Å². The zero-order chi connectivity index (χ0) is 19.7. The first kappa shape index (κ1) is 18.0. The van der Waals surface area contributed by atoms with Crippen molar-refractivity contribution >= 4 is 39.2 Å². The highest BCUT2D eigenvalue weighted by Gasteiger charge is 2.18. The molecule has 0 aliphatic rings. The SMILES string of the molecule is CCn1nnc2cc(C(=O)Nc3nc(-c4ccccc4)c(C(C)=O)s3)ccc21. The van der Waals surface area contributed by atoms with Crippen molar-refractivity contribution in [2.45, 2.75) is 20.4 Å². The first-order chi connectivity index (χ1) is 13.6. The van der Waals surface area contributed by atoms with Gasteiger partial charge < -0.3 is 0 Å². The molecule has 0 unspecified atom stereocenters. The van der Waals surface area contributed by atoms with E-state index in [1.54, 1.807) is 16.8 Å². The van der Waals surface area contributed by atoms with Crippen LogP contribution in [0.5, 0.6) is 0 Å². The molecule has 0 bridgehead atoms. The monoisotopic (exact) mass is 391 g/mol. The van der Waals surface area contributed by atoms with Gasteiger partial charge in [-0.2, -0.15) is 0 Å². The van der Waals surface area contributed by atoms with Crippen LogP contribution in [0, 0.1) is 0 Å². The molecule has 0 aliphatic heterocycles. The van der Waals surface area contributed by atoms with Crippen LogP contribution in [0.4, 0.5) is 5.13 Å². The molecule has 2 heterocycles. The number of hydrogen-bond acceptors (Lipinski definition) is 6. The summed E-state index contributed by atoms with van der Waals surface area (Å²) >= 11 is 1.17. The van der Waals surface area contributed by atoms with Crippen molar-refractivity contribution in [2.24, 2.45) is 0 Å². The summed E-state index contributed by atoms with van der Waals surface area (Å²) in [6, 6.07) is 14.7. The van der Waals surface area contributed by atoms with Gasteiger partial charge in [-0.05, 0) is 25.1 Å². The Kier molecular flexibility index (Phi) is 4.70. The van der Waals surface area contributed by atoms with Crippen molar-refractivity contribution < 1.29 is 9.59 Å². The van der Waals surface area contributed by atoms with Gasteiger partial charge in [0.1, 0.15) is 5.52 Å². The van der Waals surface area contributed by atoms with E-state index in [2.05, 4.69) is 20.6 Å². The molecule has 8 heteroatoms. The Bertz CT molecular complexity index is 1180. The number of nitrogens with zero attached hydrogens (tertiary/aromatic N) is 4. The van der Waals surface area contributed by atoms with Crippen LogP contribution in [0.15, 0.2) is 48.5 Å². The van der Waals surface area contributed by atoms with Crippen molar-refractivity contribution in [3.63, 3.8) is 0 Å². The Morgan fingerprint density at radius 3 is 2.64 bits per heavy atom. The van der Waals surface area contributed by atoms with Gasteiger partial charge in [-0.1, -0.05) is 46.9 Å². The van der Waals surface area contributed by atoms with Gasteiger partial charge in [0.25, 0.3) is 5.91 Å². The average Bonchev–Trinajstić information content (AvgIpc) is 3.32. The van der Waals surface area contributed by atoms with Crippen molar-refractivity contribution in [1.29, 1.82) is 0 Å². The van der Waals surface area contributed by atoms with E-state index < -0.39 is 0 Å². The highest BCUT2D eigenvalue weighted by atomic mass is 32.1. The van der Waals surface area contributed by atoms with Crippen LogP contribution < -0.4 is 5.32 Å². The summed E-state index contributed by atoms with van der Waals surface area (Å²) in [5, 5.41) is 11.3. The number of ketones is 1.